The number of esters is 1. The summed E-state index contributed by atoms with van der Waals surface area (Å²) in [4.78, 5) is 26.3. The van der Waals surface area contributed by atoms with Crippen molar-refractivity contribution in [3.05, 3.63) is 94.3 Å². The van der Waals surface area contributed by atoms with Gasteiger partial charge in [-0.2, -0.15) is 0 Å². The van der Waals surface area contributed by atoms with Crippen LogP contribution in [0.5, 0.6) is 0 Å². The molecule has 33 heavy (non-hydrogen) atoms. The molecule has 0 unspecified atom stereocenters. The molecule has 0 spiro atoms. The number of nitrogens with zero attached hydrogens (tertiary/aromatic N) is 1. The molecule has 0 bridgehead atoms. The Labute approximate surface area is 191 Å². The van der Waals surface area contributed by atoms with Gasteiger partial charge in [0.25, 0.3) is 0 Å². The van der Waals surface area contributed by atoms with Crippen molar-refractivity contribution in [3.8, 4) is 11.1 Å². The Morgan fingerprint density at radius 1 is 1.12 bits per heavy atom. The minimum absolute atomic E-state index is 0.0595. The largest absolute Gasteiger partial charge is 0.469 e. The van der Waals surface area contributed by atoms with Crippen LogP contribution in [0.2, 0.25) is 0 Å². The van der Waals surface area contributed by atoms with E-state index in [1.54, 1.807) is 17.0 Å². The third kappa shape index (κ3) is 3.86. The summed E-state index contributed by atoms with van der Waals surface area (Å²) in [6.07, 6.45) is 0.202. The molecule has 1 aliphatic heterocycles. The van der Waals surface area contributed by atoms with Gasteiger partial charge in [0.15, 0.2) is 0 Å². The van der Waals surface area contributed by atoms with Crippen molar-refractivity contribution in [1.82, 2.24) is 4.90 Å². The molecule has 1 fully saturated rings. The van der Waals surface area contributed by atoms with E-state index in [2.05, 4.69) is 6.07 Å². The van der Waals surface area contributed by atoms with Crippen LogP contribution in [0.3, 0.4) is 0 Å². The van der Waals surface area contributed by atoms with Crippen LogP contribution in [0.1, 0.15) is 33.9 Å². The standard InChI is InChI=1S/C27H24FNO4/c1-16-7-9-20(22-12-17(8-10-23(22)28)13-25(30)32-2)19(11-16)15-29-26-21-6-4-3-5-18(21)14-24(26)33-27(29)31/h3-12,24,26H,13-15H2,1-2H3/t24-,26+/m0/s1. The minimum atomic E-state index is -0.387. The Morgan fingerprint density at radius 3 is 2.76 bits per heavy atom. The van der Waals surface area contributed by atoms with Crippen LogP contribution >= 0.6 is 0 Å². The van der Waals surface area contributed by atoms with Gasteiger partial charge in [-0.3, -0.25) is 9.69 Å². The molecule has 0 saturated carbocycles. The third-order valence-corrected chi connectivity index (χ3v) is 6.47. The number of aryl methyl sites for hydroxylation is 1. The van der Waals surface area contributed by atoms with Crippen molar-refractivity contribution in [1.29, 1.82) is 0 Å². The lowest BCUT2D eigenvalue weighted by Gasteiger charge is -2.23. The summed E-state index contributed by atoms with van der Waals surface area (Å²) in [7, 11) is 1.33. The summed E-state index contributed by atoms with van der Waals surface area (Å²) in [6, 6.07) is 18.3. The van der Waals surface area contributed by atoms with Crippen LogP contribution in [-0.2, 0) is 33.7 Å². The van der Waals surface area contributed by atoms with Crippen LogP contribution in [0.4, 0.5) is 9.18 Å². The van der Waals surface area contributed by atoms with Gasteiger partial charge in [-0.25, -0.2) is 9.18 Å². The third-order valence-electron chi connectivity index (χ3n) is 6.47. The summed E-state index contributed by atoms with van der Waals surface area (Å²) in [5.74, 6) is -0.774. The molecule has 0 aromatic heterocycles. The number of fused-ring (bicyclic) bond motifs is 3. The number of hydrogen-bond acceptors (Lipinski definition) is 4. The molecule has 0 N–H and O–H groups in total. The van der Waals surface area contributed by atoms with Crippen LogP contribution < -0.4 is 0 Å². The molecule has 168 valence electrons. The van der Waals surface area contributed by atoms with E-state index in [1.807, 2.05) is 43.3 Å². The maximum atomic E-state index is 14.9. The van der Waals surface area contributed by atoms with Crippen LogP contribution in [0, 0.1) is 12.7 Å². The molecule has 3 aromatic rings. The average Bonchev–Trinajstić information content (AvgIpc) is 3.30. The van der Waals surface area contributed by atoms with Crippen molar-refractivity contribution >= 4 is 12.1 Å². The molecule has 1 aliphatic carbocycles. The minimum Gasteiger partial charge on any atom is -0.469 e. The molecular weight excluding hydrogens is 421 g/mol. The number of amides is 1. The summed E-state index contributed by atoms with van der Waals surface area (Å²) >= 11 is 0. The van der Waals surface area contributed by atoms with Crippen molar-refractivity contribution in [2.45, 2.75) is 38.5 Å². The number of carbonyl (C=O) groups excluding carboxylic acids is 2. The first-order chi connectivity index (χ1) is 15.9. The molecule has 2 atom stereocenters. The average molecular weight is 445 g/mol. The Hall–Kier alpha value is -3.67. The lowest BCUT2D eigenvalue weighted by Crippen LogP contribution is -2.27. The monoisotopic (exact) mass is 445 g/mol. The van der Waals surface area contributed by atoms with Crippen LogP contribution in [-0.4, -0.2) is 30.2 Å². The lowest BCUT2D eigenvalue weighted by molar-refractivity contribution is -0.139. The Morgan fingerprint density at radius 2 is 1.94 bits per heavy atom. The quantitative estimate of drug-likeness (QED) is 0.511. The first-order valence-corrected chi connectivity index (χ1v) is 10.9. The Kier molecular flexibility index (Phi) is 5.36. The zero-order valence-corrected chi connectivity index (χ0v) is 18.5. The number of ether oxygens (including phenoxy) is 2. The normalized spacial score (nSPS) is 18.6. The van der Waals surface area contributed by atoms with Crippen molar-refractivity contribution in [2.24, 2.45) is 0 Å². The number of methoxy groups -OCH3 is 1. The van der Waals surface area contributed by atoms with E-state index in [9.17, 15) is 14.0 Å². The highest BCUT2D eigenvalue weighted by molar-refractivity contribution is 5.76. The van der Waals surface area contributed by atoms with Gasteiger partial charge in [0.2, 0.25) is 0 Å². The molecule has 1 saturated heterocycles. The number of halogens is 1. The molecule has 5 nitrogen and oxygen atoms in total. The summed E-state index contributed by atoms with van der Waals surface area (Å²) < 4.78 is 25.4. The molecule has 1 amide bonds. The predicted octanol–water partition coefficient (Wildman–Crippen LogP) is 5.13. The number of hydrogen-bond donors (Lipinski definition) is 0. The van der Waals surface area contributed by atoms with Gasteiger partial charge in [-0.15, -0.1) is 0 Å². The first kappa shape index (κ1) is 21.2. The Bertz CT molecular complexity index is 1250. The zero-order valence-electron chi connectivity index (χ0n) is 18.5. The van der Waals surface area contributed by atoms with Gasteiger partial charge in [0.1, 0.15) is 11.9 Å². The van der Waals surface area contributed by atoms with Crippen molar-refractivity contribution < 1.29 is 23.5 Å². The summed E-state index contributed by atoms with van der Waals surface area (Å²) in [5.41, 5.74) is 5.87. The lowest BCUT2D eigenvalue weighted by atomic mass is 9.94. The number of carbonyl (C=O) groups is 2. The fourth-order valence-corrected chi connectivity index (χ4v) is 4.91. The second-order valence-corrected chi connectivity index (χ2v) is 8.63. The maximum Gasteiger partial charge on any atom is 0.411 e. The van der Waals surface area contributed by atoms with E-state index in [1.165, 1.54) is 18.7 Å². The second-order valence-electron chi connectivity index (χ2n) is 8.63. The second kappa shape index (κ2) is 8.35. The fraction of sp³-hybridized carbons (Fsp3) is 0.259. The predicted molar refractivity (Wildman–Crippen MR) is 121 cm³/mol. The van der Waals surface area contributed by atoms with E-state index in [0.717, 1.165) is 16.7 Å². The zero-order chi connectivity index (χ0) is 23.1. The van der Waals surface area contributed by atoms with Gasteiger partial charge >= 0.3 is 12.1 Å². The highest BCUT2D eigenvalue weighted by Gasteiger charge is 2.47. The van der Waals surface area contributed by atoms with Gasteiger partial charge in [-0.1, -0.05) is 54.1 Å². The highest BCUT2D eigenvalue weighted by atomic mass is 19.1. The van der Waals surface area contributed by atoms with E-state index < -0.39 is 0 Å². The van der Waals surface area contributed by atoms with Crippen LogP contribution in [0.25, 0.3) is 11.1 Å². The van der Waals surface area contributed by atoms with Gasteiger partial charge in [0.05, 0.1) is 26.1 Å². The molecular formula is C27H24FNO4. The number of rotatable bonds is 5. The van der Waals surface area contributed by atoms with E-state index in [-0.39, 0.29) is 36.4 Å². The Balaban J connectivity index is 1.52. The molecule has 5 rings (SSSR count). The van der Waals surface area contributed by atoms with Crippen molar-refractivity contribution in [3.63, 3.8) is 0 Å². The number of benzene rings is 3. The van der Waals surface area contributed by atoms with E-state index in [0.29, 0.717) is 29.7 Å². The molecule has 2 aliphatic rings. The highest BCUT2D eigenvalue weighted by Crippen LogP contribution is 2.44. The topological polar surface area (TPSA) is 55.8 Å². The van der Waals surface area contributed by atoms with Gasteiger partial charge < -0.3 is 9.47 Å². The van der Waals surface area contributed by atoms with Crippen molar-refractivity contribution in [2.75, 3.05) is 7.11 Å². The van der Waals surface area contributed by atoms with E-state index in [4.69, 9.17) is 9.47 Å². The van der Waals surface area contributed by atoms with E-state index >= 15 is 0 Å². The SMILES string of the molecule is COC(=O)Cc1ccc(F)c(-c2ccc(C)cc2CN2C(=O)O[C@H]3Cc4ccccc4[C@H]32)c1. The molecule has 6 heteroatoms. The smallest absolute Gasteiger partial charge is 0.411 e. The van der Waals surface area contributed by atoms with Gasteiger partial charge in [0, 0.05) is 12.0 Å². The fourth-order valence-electron chi connectivity index (χ4n) is 4.91. The van der Waals surface area contributed by atoms with Gasteiger partial charge in [-0.05, 0) is 46.9 Å². The first-order valence-electron chi connectivity index (χ1n) is 10.9. The summed E-state index contributed by atoms with van der Waals surface area (Å²) in [6.45, 7) is 2.26. The van der Waals surface area contributed by atoms with Crippen LogP contribution in [0.15, 0.2) is 60.7 Å². The molecule has 3 aromatic carbocycles. The molecule has 1 heterocycles. The molecule has 0 radical (unpaired) electrons. The summed E-state index contributed by atoms with van der Waals surface area (Å²) in [5, 5.41) is 0. The maximum absolute atomic E-state index is 14.9.